The summed E-state index contributed by atoms with van der Waals surface area (Å²) in [5.74, 6) is 0.788. The van der Waals surface area contributed by atoms with Gasteiger partial charge in [0.2, 0.25) is 5.91 Å². The number of halogens is 1. The predicted octanol–water partition coefficient (Wildman–Crippen LogP) is -0.279. The average Bonchev–Trinajstić information content (AvgIpc) is 3.06. The maximum Gasteiger partial charge on any atom is 0.245 e. The van der Waals surface area contributed by atoms with E-state index in [-0.39, 0.29) is 31.7 Å². The summed E-state index contributed by atoms with van der Waals surface area (Å²) in [6, 6.07) is -0.248. The van der Waals surface area contributed by atoms with Crippen molar-refractivity contribution in [3.63, 3.8) is 0 Å². The summed E-state index contributed by atoms with van der Waals surface area (Å²) in [7, 11) is 0. The molecule has 1 aliphatic heterocycles. The lowest BCUT2D eigenvalue weighted by Gasteiger charge is -2.25. The van der Waals surface area contributed by atoms with E-state index in [0.717, 1.165) is 19.4 Å². The summed E-state index contributed by atoms with van der Waals surface area (Å²) in [5, 5.41) is 24.3. The molecule has 4 N–H and O–H groups in total. The molecule has 2 heterocycles. The van der Waals surface area contributed by atoms with Crippen LogP contribution in [0.5, 0.6) is 0 Å². The number of nitrogens with zero attached hydrogens (tertiary/aromatic N) is 3. The van der Waals surface area contributed by atoms with Crippen LogP contribution in [0.1, 0.15) is 12.8 Å². The van der Waals surface area contributed by atoms with Crippen molar-refractivity contribution in [2.24, 2.45) is 0 Å². The van der Waals surface area contributed by atoms with Gasteiger partial charge in [0.25, 0.3) is 0 Å². The fourth-order valence-electron chi connectivity index (χ4n) is 2.35. The third kappa shape index (κ3) is 3.92. The summed E-state index contributed by atoms with van der Waals surface area (Å²) in [6.45, 7) is 1.13. The van der Waals surface area contributed by atoms with Crippen LogP contribution in [0, 0.1) is 0 Å². The highest BCUT2D eigenvalue weighted by atomic mass is 79.9. The lowest BCUT2D eigenvalue weighted by atomic mass is 10.2. The largest absolute Gasteiger partial charge is 0.395 e. The van der Waals surface area contributed by atoms with Gasteiger partial charge in [0.1, 0.15) is 16.6 Å². The molecule has 2 rings (SSSR count). The van der Waals surface area contributed by atoms with E-state index >= 15 is 0 Å². The molecule has 1 saturated heterocycles. The second-order valence-electron chi connectivity index (χ2n) is 4.87. The fourth-order valence-corrected chi connectivity index (χ4v) is 2.91. The van der Waals surface area contributed by atoms with E-state index in [9.17, 15) is 9.90 Å². The van der Waals surface area contributed by atoms with E-state index in [2.05, 4.69) is 36.5 Å². The van der Waals surface area contributed by atoms with Crippen molar-refractivity contribution in [2.45, 2.75) is 18.9 Å². The van der Waals surface area contributed by atoms with E-state index in [4.69, 9.17) is 5.11 Å². The quantitative estimate of drug-likeness (QED) is 0.520. The molecule has 1 fully saturated rings. The molecule has 22 heavy (non-hydrogen) atoms. The second-order valence-corrected chi connectivity index (χ2v) is 5.67. The first kappa shape index (κ1) is 17.1. The van der Waals surface area contributed by atoms with Gasteiger partial charge in [-0.05, 0) is 35.3 Å². The molecule has 0 bridgehead atoms. The number of hydrogen-bond donors (Lipinski definition) is 4. The monoisotopic (exact) mass is 373 g/mol. The standard InChI is InChI=1S/C13H20BrN5O3/c14-10-11(16-4-6-20)17-8-18-12(10)19(5-7-21)13(22)9-2-1-3-15-9/h8-9,15,20-21H,1-7H2,(H,16,17,18). The normalized spacial score (nSPS) is 17.5. The van der Waals surface area contributed by atoms with Gasteiger partial charge in [-0.15, -0.1) is 0 Å². The molecule has 0 aliphatic carbocycles. The Hall–Kier alpha value is -1.29. The summed E-state index contributed by atoms with van der Waals surface area (Å²) >= 11 is 3.39. The van der Waals surface area contributed by atoms with Gasteiger partial charge in [0, 0.05) is 6.54 Å². The first-order valence-electron chi connectivity index (χ1n) is 7.20. The van der Waals surface area contributed by atoms with Crippen LogP contribution < -0.4 is 15.5 Å². The van der Waals surface area contributed by atoms with Crippen molar-refractivity contribution >= 4 is 33.5 Å². The number of carbonyl (C=O) groups excluding carboxylic acids is 1. The third-order valence-corrected chi connectivity index (χ3v) is 4.11. The Balaban J connectivity index is 2.25. The van der Waals surface area contributed by atoms with Gasteiger partial charge in [-0.2, -0.15) is 0 Å². The Morgan fingerprint density at radius 2 is 2.27 bits per heavy atom. The number of anilines is 2. The van der Waals surface area contributed by atoms with E-state index in [0.29, 0.717) is 22.7 Å². The molecule has 0 aromatic carbocycles. The molecule has 9 heteroatoms. The summed E-state index contributed by atoms with van der Waals surface area (Å²) < 4.78 is 0.531. The molecular formula is C13H20BrN5O3. The number of hydrogen-bond acceptors (Lipinski definition) is 7. The smallest absolute Gasteiger partial charge is 0.245 e. The maximum absolute atomic E-state index is 12.6. The summed E-state index contributed by atoms with van der Waals surface area (Å²) in [4.78, 5) is 22.3. The van der Waals surface area contributed by atoms with Gasteiger partial charge in [-0.25, -0.2) is 9.97 Å². The van der Waals surface area contributed by atoms with Crippen LogP contribution in [0.4, 0.5) is 11.6 Å². The Morgan fingerprint density at radius 1 is 1.45 bits per heavy atom. The Labute approximate surface area is 137 Å². The lowest BCUT2D eigenvalue weighted by Crippen LogP contribution is -2.45. The van der Waals surface area contributed by atoms with Crippen LogP contribution in [0.25, 0.3) is 0 Å². The molecule has 1 atom stereocenters. The zero-order valence-electron chi connectivity index (χ0n) is 12.1. The molecule has 122 valence electrons. The van der Waals surface area contributed by atoms with Crippen molar-refractivity contribution in [3.8, 4) is 0 Å². The zero-order valence-corrected chi connectivity index (χ0v) is 13.7. The van der Waals surface area contributed by atoms with Gasteiger partial charge in [-0.3, -0.25) is 9.69 Å². The maximum atomic E-state index is 12.6. The first-order chi connectivity index (χ1) is 10.7. The summed E-state index contributed by atoms with van der Waals surface area (Å²) in [5.41, 5.74) is 0. The number of aliphatic hydroxyl groups excluding tert-OH is 2. The number of aromatic nitrogens is 2. The minimum atomic E-state index is -0.248. The first-order valence-corrected chi connectivity index (χ1v) is 7.99. The fraction of sp³-hybridized carbons (Fsp3) is 0.615. The van der Waals surface area contributed by atoms with Crippen LogP contribution in [0.2, 0.25) is 0 Å². The van der Waals surface area contributed by atoms with Gasteiger partial charge >= 0.3 is 0 Å². The average molecular weight is 374 g/mol. The topological polar surface area (TPSA) is 111 Å². The number of aliphatic hydroxyl groups is 2. The molecule has 1 aromatic rings. The van der Waals surface area contributed by atoms with Gasteiger partial charge < -0.3 is 20.8 Å². The van der Waals surface area contributed by atoms with E-state index in [1.807, 2.05) is 0 Å². The van der Waals surface area contributed by atoms with Crippen LogP contribution >= 0.6 is 15.9 Å². The number of carbonyl (C=O) groups is 1. The molecule has 0 spiro atoms. The van der Waals surface area contributed by atoms with Gasteiger partial charge in [0.15, 0.2) is 5.82 Å². The summed E-state index contributed by atoms with van der Waals surface area (Å²) in [6.07, 6.45) is 3.08. The highest BCUT2D eigenvalue weighted by molar-refractivity contribution is 9.10. The zero-order chi connectivity index (χ0) is 15.9. The van der Waals surface area contributed by atoms with Crippen molar-refractivity contribution in [1.29, 1.82) is 0 Å². The van der Waals surface area contributed by atoms with Crippen molar-refractivity contribution in [3.05, 3.63) is 10.8 Å². The molecule has 0 radical (unpaired) electrons. The number of amides is 1. The molecule has 1 unspecified atom stereocenters. The number of nitrogens with one attached hydrogen (secondary N) is 2. The predicted molar refractivity (Wildman–Crippen MR) is 85.8 cm³/mol. The molecule has 1 aromatic heterocycles. The van der Waals surface area contributed by atoms with Gasteiger partial charge in [0.05, 0.1) is 25.8 Å². The minimum absolute atomic E-state index is 0.0307. The molecule has 0 saturated carbocycles. The second kappa shape index (κ2) is 8.37. The minimum Gasteiger partial charge on any atom is -0.395 e. The van der Waals surface area contributed by atoms with E-state index < -0.39 is 0 Å². The van der Waals surface area contributed by atoms with Crippen LogP contribution in [-0.2, 0) is 4.79 Å². The van der Waals surface area contributed by atoms with Crippen LogP contribution in [-0.4, -0.2) is 65.0 Å². The highest BCUT2D eigenvalue weighted by Gasteiger charge is 2.29. The Kier molecular flexibility index (Phi) is 6.49. The van der Waals surface area contributed by atoms with Crippen LogP contribution in [0.3, 0.4) is 0 Å². The van der Waals surface area contributed by atoms with Crippen molar-refractivity contribution in [2.75, 3.05) is 43.1 Å². The molecular weight excluding hydrogens is 354 g/mol. The molecule has 1 aliphatic rings. The Bertz CT molecular complexity index is 510. The van der Waals surface area contributed by atoms with E-state index in [1.165, 1.54) is 11.2 Å². The SMILES string of the molecule is O=C(C1CCCN1)N(CCO)c1ncnc(NCCO)c1Br. The highest BCUT2D eigenvalue weighted by Crippen LogP contribution is 2.30. The Morgan fingerprint density at radius 3 is 2.91 bits per heavy atom. The number of rotatable bonds is 7. The van der Waals surface area contributed by atoms with Crippen molar-refractivity contribution in [1.82, 2.24) is 15.3 Å². The van der Waals surface area contributed by atoms with Gasteiger partial charge in [-0.1, -0.05) is 0 Å². The third-order valence-electron chi connectivity index (χ3n) is 3.38. The van der Waals surface area contributed by atoms with Crippen molar-refractivity contribution < 1.29 is 15.0 Å². The molecule has 1 amide bonds. The van der Waals surface area contributed by atoms with Crippen LogP contribution in [0.15, 0.2) is 10.8 Å². The lowest BCUT2D eigenvalue weighted by molar-refractivity contribution is -0.120. The van der Waals surface area contributed by atoms with E-state index in [1.54, 1.807) is 0 Å². The molecule has 8 nitrogen and oxygen atoms in total.